The van der Waals surface area contributed by atoms with Gasteiger partial charge >= 0.3 is 0 Å². The van der Waals surface area contributed by atoms with E-state index in [1.807, 2.05) is 11.6 Å². The first-order valence-electron chi connectivity index (χ1n) is 9.62. The van der Waals surface area contributed by atoms with E-state index in [0.29, 0.717) is 40.7 Å². The van der Waals surface area contributed by atoms with Gasteiger partial charge in [-0.05, 0) is 48.5 Å². The fourth-order valence-electron chi connectivity index (χ4n) is 2.81. The van der Waals surface area contributed by atoms with E-state index in [1.54, 1.807) is 62.8 Å². The molecule has 0 bridgehead atoms. The van der Waals surface area contributed by atoms with Gasteiger partial charge < -0.3 is 19.4 Å². The quantitative estimate of drug-likeness (QED) is 0.383. The molecule has 0 radical (unpaired) electrons. The molecule has 162 valence electrons. The molecule has 1 aromatic heterocycles. The number of benzene rings is 2. The topological polar surface area (TPSA) is 95.3 Å². The van der Waals surface area contributed by atoms with Crippen LogP contribution < -0.4 is 14.8 Å². The van der Waals surface area contributed by atoms with Crippen LogP contribution in [0.4, 0.5) is 0 Å². The maximum absolute atomic E-state index is 12.4. The molecule has 0 aliphatic heterocycles. The lowest BCUT2D eigenvalue weighted by Gasteiger charge is -2.07. The van der Waals surface area contributed by atoms with Crippen molar-refractivity contribution in [1.29, 1.82) is 0 Å². The second-order valence-corrected chi connectivity index (χ2v) is 7.58. The highest BCUT2D eigenvalue weighted by Crippen LogP contribution is 2.19. The monoisotopic (exact) mass is 440 g/mol. The summed E-state index contributed by atoms with van der Waals surface area (Å²) in [4.78, 5) is 24.6. The third-order valence-corrected chi connectivity index (χ3v) is 5.68. The van der Waals surface area contributed by atoms with Crippen molar-refractivity contribution in [2.24, 2.45) is 7.05 Å². The summed E-state index contributed by atoms with van der Waals surface area (Å²) in [6.45, 7) is 0.423. The molecule has 1 amide bonds. The van der Waals surface area contributed by atoms with Crippen LogP contribution in [-0.4, -0.2) is 53.0 Å². The van der Waals surface area contributed by atoms with E-state index >= 15 is 0 Å². The van der Waals surface area contributed by atoms with E-state index in [1.165, 1.54) is 11.8 Å². The van der Waals surface area contributed by atoms with Gasteiger partial charge in [0.25, 0.3) is 5.91 Å². The Morgan fingerprint density at radius 1 is 0.935 bits per heavy atom. The number of ketones is 1. The first-order chi connectivity index (χ1) is 15.0. The normalized spacial score (nSPS) is 10.5. The molecule has 2 aromatic carbocycles. The Bertz CT molecular complexity index is 1030. The molecule has 3 rings (SSSR count). The largest absolute Gasteiger partial charge is 0.497 e. The fourth-order valence-corrected chi connectivity index (χ4v) is 3.64. The minimum Gasteiger partial charge on any atom is -0.497 e. The number of ether oxygens (including phenoxy) is 2. The summed E-state index contributed by atoms with van der Waals surface area (Å²) in [5, 5.41) is 11.9. The van der Waals surface area contributed by atoms with Crippen LogP contribution in [0.2, 0.25) is 0 Å². The van der Waals surface area contributed by atoms with Crippen LogP contribution in [0.25, 0.3) is 0 Å². The van der Waals surface area contributed by atoms with Gasteiger partial charge in [-0.3, -0.25) is 9.59 Å². The van der Waals surface area contributed by atoms with Crippen molar-refractivity contribution < 1.29 is 19.1 Å². The van der Waals surface area contributed by atoms with Crippen molar-refractivity contribution in [1.82, 2.24) is 20.1 Å². The number of carbonyl (C=O) groups excluding carboxylic acids is 2. The molecule has 8 nitrogen and oxygen atoms in total. The van der Waals surface area contributed by atoms with Gasteiger partial charge in [0, 0.05) is 31.1 Å². The van der Waals surface area contributed by atoms with Crippen molar-refractivity contribution in [2.75, 3.05) is 26.5 Å². The van der Waals surface area contributed by atoms with E-state index in [9.17, 15) is 9.59 Å². The summed E-state index contributed by atoms with van der Waals surface area (Å²) in [7, 11) is 5.02. The third-order valence-electron chi connectivity index (χ3n) is 4.66. The van der Waals surface area contributed by atoms with Gasteiger partial charge in [0.2, 0.25) is 0 Å². The van der Waals surface area contributed by atoms with Crippen molar-refractivity contribution in [3.63, 3.8) is 0 Å². The molecule has 1 heterocycles. The molecule has 0 atom stereocenters. The van der Waals surface area contributed by atoms with Crippen molar-refractivity contribution in [3.8, 4) is 11.5 Å². The number of rotatable bonds is 10. The predicted molar refractivity (Wildman–Crippen MR) is 118 cm³/mol. The van der Waals surface area contributed by atoms with Gasteiger partial charge in [0.05, 0.1) is 20.0 Å². The predicted octanol–water partition coefficient (Wildman–Crippen LogP) is 2.78. The summed E-state index contributed by atoms with van der Waals surface area (Å²) in [6, 6.07) is 13.9. The maximum atomic E-state index is 12.4. The number of hydrogen-bond donors (Lipinski definition) is 1. The number of methoxy groups -OCH3 is 2. The molecule has 0 aliphatic carbocycles. The second-order valence-electron chi connectivity index (χ2n) is 6.63. The third kappa shape index (κ3) is 5.85. The SMILES string of the molecule is COc1ccc(C(=O)CSc2nnc(CCNC(=O)c3ccc(OC)cc3)n2C)cc1. The number of thioether (sulfide) groups is 1. The molecule has 31 heavy (non-hydrogen) atoms. The van der Waals surface area contributed by atoms with Gasteiger partial charge in [-0.15, -0.1) is 10.2 Å². The molecule has 0 aliphatic rings. The van der Waals surface area contributed by atoms with E-state index < -0.39 is 0 Å². The Hall–Kier alpha value is -3.33. The van der Waals surface area contributed by atoms with E-state index in [4.69, 9.17) is 9.47 Å². The highest BCUT2D eigenvalue weighted by atomic mass is 32.2. The summed E-state index contributed by atoms with van der Waals surface area (Å²) in [6.07, 6.45) is 0.526. The van der Waals surface area contributed by atoms with Gasteiger partial charge in [-0.1, -0.05) is 11.8 Å². The van der Waals surface area contributed by atoms with E-state index in [0.717, 1.165) is 5.82 Å². The maximum Gasteiger partial charge on any atom is 0.251 e. The molecular weight excluding hydrogens is 416 g/mol. The minimum atomic E-state index is -0.162. The lowest BCUT2D eigenvalue weighted by atomic mass is 10.1. The van der Waals surface area contributed by atoms with Crippen LogP contribution >= 0.6 is 11.8 Å². The van der Waals surface area contributed by atoms with Crippen LogP contribution in [-0.2, 0) is 13.5 Å². The molecule has 0 unspecified atom stereocenters. The number of aromatic nitrogens is 3. The van der Waals surface area contributed by atoms with Crippen LogP contribution in [0, 0.1) is 0 Å². The highest BCUT2D eigenvalue weighted by Gasteiger charge is 2.13. The molecular formula is C22H24N4O4S. The summed E-state index contributed by atoms with van der Waals surface area (Å²) >= 11 is 1.33. The zero-order valence-corrected chi connectivity index (χ0v) is 18.4. The first-order valence-corrected chi connectivity index (χ1v) is 10.6. The molecule has 9 heteroatoms. The van der Waals surface area contributed by atoms with E-state index in [2.05, 4.69) is 15.5 Å². The Kier molecular flexibility index (Phi) is 7.66. The van der Waals surface area contributed by atoms with Crippen LogP contribution in [0.5, 0.6) is 11.5 Å². The van der Waals surface area contributed by atoms with E-state index in [-0.39, 0.29) is 17.4 Å². The molecule has 0 saturated carbocycles. The van der Waals surface area contributed by atoms with Gasteiger partial charge in [-0.2, -0.15) is 0 Å². The lowest BCUT2D eigenvalue weighted by molar-refractivity contribution is 0.0952. The van der Waals surface area contributed by atoms with Crippen LogP contribution in [0.15, 0.2) is 53.7 Å². The zero-order valence-electron chi connectivity index (χ0n) is 17.6. The molecule has 0 saturated heterocycles. The lowest BCUT2D eigenvalue weighted by Crippen LogP contribution is -2.26. The number of Topliss-reactive ketones (excluding diaryl/α,β-unsaturated/α-hetero) is 1. The summed E-state index contributed by atoms with van der Waals surface area (Å²) < 4.78 is 12.0. The van der Waals surface area contributed by atoms with Crippen molar-refractivity contribution in [2.45, 2.75) is 11.6 Å². The molecule has 3 aromatic rings. The first kappa shape index (κ1) is 22.4. The number of hydrogen-bond acceptors (Lipinski definition) is 7. The van der Waals surface area contributed by atoms with Crippen LogP contribution in [0.3, 0.4) is 0 Å². The number of carbonyl (C=O) groups is 2. The summed E-state index contributed by atoms with van der Waals surface area (Å²) in [5.41, 5.74) is 1.18. The van der Waals surface area contributed by atoms with Crippen molar-refractivity contribution >= 4 is 23.5 Å². The zero-order chi connectivity index (χ0) is 22.2. The van der Waals surface area contributed by atoms with Crippen molar-refractivity contribution in [3.05, 3.63) is 65.5 Å². The average molecular weight is 441 g/mol. The number of nitrogens with one attached hydrogen (secondary N) is 1. The highest BCUT2D eigenvalue weighted by molar-refractivity contribution is 7.99. The summed E-state index contributed by atoms with van der Waals surface area (Å²) in [5.74, 6) is 2.24. The van der Waals surface area contributed by atoms with Crippen LogP contribution in [0.1, 0.15) is 26.5 Å². The molecule has 0 spiro atoms. The minimum absolute atomic E-state index is 0.00366. The number of amides is 1. The molecule has 0 fully saturated rings. The van der Waals surface area contributed by atoms with Gasteiger partial charge in [0.15, 0.2) is 10.9 Å². The number of nitrogens with zero attached hydrogens (tertiary/aromatic N) is 3. The Morgan fingerprint density at radius 2 is 1.52 bits per heavy atom. The Balaban J connectivity index is 1.48. The average Bonchev–Trinajstić information content (AvgIpc) is 3.16. The van der Waals surface area contributed by atoms with Gasteiger partial charge in [-0.25, -0.2) is 0 Å². The smallest absolute Gasteiger partial charge is 0.251 e. The Labute approximate surface area is 185 Å². The standard InChI is InChI=1S/C22H24N4O4S/c1-26-20(12-13-23-21(28)16-6-10-18(30-3)11-7-16)24-25-22(26)31-14-19(27)15-4-8-17(29-2)9-5-15/h4-11H,12-14H2,1-3H3,(H,23,28). The second kappa shape index (κ2) is 10.6. The van der Waals surface area contributed by atoms with Gasteiger partial charge in [0.1, 0.15) is 17.3 Å². The molecule has 1 N–H and O–H groups in total. The fraction of sp³-hybridized carbons (Fsp3) is 0.273. The Morgan fingerprint density at radius 3 is 2.10 bits per heavy atom.